The van der Waals surface area contributed by atoms with Crippen LogP contribution in [0.15, 0.2) is 28.7 Å². The fourth-order valence-electron chi connectivity index (χ4n) is 1.26. The number of hydrogen-bond donors (Lipinski definition) is 0. The second-order valence-electron chi connectivity index (χ2n) is 2.70. The number of fused-ring (bicyclic) bond motifs is 1. The monoisotopic (exact) mass is 227 g/mol. The Bertz CT molecular complexity index is 543. The molecule has 2 aromatic rings. The van der Waals surface area contributed by atoms with Crippen LogP contribution in [0.3, 0.4) is 0 Å². The van der Waals surface area contributed by atoms with Crippen molar-refractivity contribution in [3.8, 4) is 0 Å². The predicted octanol–water partition coefficient (Wildman–Crippen LogP) is 2.84. The van der Waals surface area contributed by atoms with E-state index in [0.29, 0.717) is 11.1 Å². The Balaban J connectivity index is 2.81. The van der Waals surface area contributed by atoms with Crippen molar-refractivity contribution in [1.29, 1.82) is 0 Å². The third-order valence-electron chi connectivity index (χ3n) is 1.85. The van der Waals surface area contributed by atoms with Crippen LogP contribution < -0.4 is 0 Å². The molecule has 0 aliphatic carbocycles. The van der Waals surface area contributed by atoms with E-state index < -0.39 is 0 Å². The van der Waals surface area contributed by atoms with Gasteiger partial charge in [0.25, 0.3) is 4.84 Å². The molecule has 14 heavy (non-hydrogen) atoms. The van der Waals surface area contributed by atoms with Gasteiger partial charge in [-0.05, 0) is 24.4 Å². The Labute approximate surface area is 89.9 Å². The number of rotatable bonds is 1. The molecule has 1 aromatic heterocycles. The van der Waals surface area contributed by atoms with E-state index in [1.54, 1.807) is 12.1 Å². The Morgan fingerprint density at radius 3 is 2.93 bits per heavy atom. The number of para-hydroxylation sites is 2. The number of hydrogen-bond acceptors (Lipinski definition) is 3. The molecule has 0 saturated carbocycles. The van der Waals surface area contributed by atoms with Crippen LogP contribution in [0, 0.1) is 4.84 Å². The van der Waals surface area contributed by atoms with Gasteiger partial charge in [-0.25, -0.2) is 4.57 Å². The maximum absolute atomic E-state index is 11.4. The van der Waals surface area contributed by atoms with Crippen LogP contribution in [0.4, 0.5) is 0 Å². The molecular weight excluding hydrogens is 222 g/mol. The zero-order valence-corrected chi connectivity index (χ0v) is 8.64. The van der Waals surface area contributed by atoms with Gasteiger partial charge in [-0.2, -0.15) is 0 Å². The third kappa shape index (κ3) is 1.36. The molecule has 0 unspecified atom stereocenters. The molecule has 3 nitrogen and oxygen atoms in total. The highest BCUT2D eigenvalue weighted by Crippen LogP contribution is 2.16. The molecule has 1 aromatic carbocycles. The first-order chi connectivity index (χ1) is 6.74. The van der Waals surface area contributed by atoms with Crippen molar-refractivity contribution in [2.75, 3.05) is 5.88 Å². The molecule has 0 N–H and O–H groups in total. The van der Waals surface area contributed by atoms with Gasteiger partial charge in [0.15, 0.2) is 5.58 Å². The van der Waals surface area contributed by atoms with Crippen molar-refractivity contribution >= 4 is 40.8 Å². The molecular formula is C9H6ClNO2S. The van der Waals surface area contributed by atoms with Crippen LogP contribution >= 0.6 is 23.8 Å². The zero-order valence-electron chi connectivity index (χ0n) is 7.07. The summed E-state index contributed by atoms with van der Waals surface area (Å²) in [6, 6.07) is 7.14. The summed E-state index contributed by atoms with van der Waals surface area (Å²) in [5.74, 6) is -0.390. The number of alkyl halides is 1. The Hall–Kier alpha value is -1.13. The fourth-order valence-corrected chi connectivity index (χ4v) is 1.67. The Kier molecular flexibility index (Phi) is 2.39. The molecule has 2 rings (SSSR count). The number of benzene rings is 1. The van der Waals surface area contributed by atoms with Gasteiger partial charge in [0.1, 0.15) is 5.88 Å². The summed E-state index contributed by atoms with van der Waals surface area (Å²) < 4.78 is 6.52. The number of carbonyl (C=O) groups is 1. The molecule has 0 radical (unpaired) electrons. The lowest BCUT2D eigenvalue weighted by atomic mass is 10.3. The van der Waals surface area contributed by atoms with Gasteiger partial charge in [-0.1, -0.05) is 12.1 Å². The van der Waals surface area contributed by atoms with E-state index in [-0.39, 0.29) is 16.6 Å². The summed E-state index contributed by atoms with van der Waals surface area (Å²) in [7, 11) is 0. The van der Waals surface area contributed by atoms with E-state index in [1.165, 1.54) is 4.57 Å². The van der Waals surface area contributed by atoms with E-state index in [1.807, 2.05) is 12.1 Å². The number of aromatic nitrogens is 1. The average molecular weight is 228 g/mol. The summed E-state index contributed by atoms with van der Waals surface area (Å²) in [5.41, 5.74) is 1.25. The summed E-state index contributed by atoms with van der Waals surface area (Å²) in [5, 5.41) is 0. The minimum Gasteiger partial charge on any atom is -0.429 e. The van der Waals surface area contributed by atoms with Crippen LogP contribution in [0.5, 0.6) is 0 Å². The van der Waals surface area contributed by atoms with E-state index in [2.05, 4.69) is 0 Å². The molecule has 0 fully saturated rings. The molecule has 0 spiro atoms. The van der Waals surface area contributed by atoms with E-state index >= 15 is 0 Å². The predicted molar refractivity (Wildman–Crippen MR) is 56.4 cm³/mol. The van der Waals surface area contributed by atoms with Gasteiger partial charge in [0.05, 0.1) is 5.52 Å². The molecule has 72 valence electrons. The second kappa shape index (κ2) is 3.55. The normalized spacial score (nSPS) is 10.6. The van der Waals surface area contributed by atoms with Crippen molar-refractivity contribution in [1.82, 2.24) is 4.57 Å². The largest absolute Gasteiger partial charge is 0.429 e. The first-order valence-corrected chi connectivity index (χ1v) is 4.88. The van der Waals surface area contributed by atoms with Crippen LogP contribution in [0.2, 0.25) is 0 Å². The molecule has 0 saturated heterocycles. The molecule has 1 heterocycles. The Morgan fingerprint density at radius 2 is 2.21 bits per heavy atom. The van der Waals surface area contributed by atoms with Crippen molar-refractivity contribution in [2.45, 2.75) is 0 Å². The molecule has 0 atom stereocenters. The third-order valence-corrected chi connectivity index (χ3v) is 2.34. The highest BCUT2D eigenvalue weighted by atomic mass is 35.5. The highest BCUT2D eigenvalue weighted by Gasteiger charge is 2.11. The quantitative estimate of drug-likeness (QED) is 0.555. The second-order valence-corrected chi connectivity index (χ2v) is 3.31. The standard InChI is InChI=1S/C9H6ClNO2S/c10-5-8(12)11-6-3-1-2-4-7(6)13-9(11)14/h1-4H,5H2. The first-order valence-electron chi connectivity index (χ1n) is 3.94. The van der Waals surface area contributed by atoms with Gasteiger partial charge < -0.3 is 4.42 Å². The lowest BCUT2D eigenvalue weighted by Gasteiger charge is -1.96. The van der Waals surface area contributed by atoms with Gasteiger partial charge in [0.2, 0.25) is 5.91 Å². The van der Waals surface area contributed by atoms with E-state index in [0.717, 1.165) is 0 Å². The number of halogens is 1. The minimum absolute atomic E-state index is 0.113. The fraction of sp³-hybridized carbons (Fsp3) is 0.111. The first kappa shape index (κ1) is 9.43. The minimum atomic E-state index is -0.276. The number of carbonyl (C=O) groups excluding carboxylic acids is 1. The van der Waals surface area contributed by atoms with Gasteiger partial charge in [-0.15, -0.1) is 11.6 Å². The maximum Gasteiger partial charge on any atom is 0.276 e. The summed E-state index contributed by atoms with van der Waals surface area (Å²) in [4.78, 5) is 11.5. The zero-order chi connectivity index (χ0) is 10.1. The van der Waals surface area contributed by atoms with E-state index in [4.69, 9.17) is 28.2 Å². The molecule has 0 aliphatic rings. The van der Waals surface area contributed by atoms with E-state index in [9.17, 15) is 4.79 Å². The van der Waals surface area contributed by atoms with Crippen molar-refractivity contribution < 1.29 is 9.21 Å². The van der Waals surface area contributed by atoms with Crippen molar-refractivity contribution in [3.63, 3.8) is 0 Å². The van der Waals surface area contributed by atoms with Crippen LogP contribution in [-0.4, -0.2) is 16.4 Å². The van der Waals surface area contributed by atoms with Crippen molar-refractivity contribution in [2.24, 2.45) is 0 Å². The molecule has 0 amide bonds. The topological polar surface area (TPSA) is 35.1 Å². The molecule has 0 bridgehead atoms. The maximum atomic E-state index is 11.4. The number of oxazole rings is 1. The smallest absolute Gasteiger partial charge is 0.276 e. The lowest BCUT2D eigenvalue weighted by Crippen LogP contribution is -2.11. The highest BCUT2D eigenvalue weighted by molar-refractivity contribution is 7.71. The lowest BCUT2D eigenvalue weighted by molar-refractivity contribution is 0.0939. The van der Waals surface area contributed by atoms with Crippen LogP contribution in [0.1, 0.15) is 4.79 Å². The summed E-state index contributed by atoms with van der Waals surface area (Å²) >= 11 is 10.4. The molecule has 0 aliphatic heterocycles. The van der Waals surface area contributed by atoms with Crippen LogP contribution in [0.25, 0.3) is 11.1 Å². The van der Waals surface area contributed by atoms with Gasteiger partial charge in [-0.3, -0.25) is 4.79 Å². The SMILES string of the molecule is O=C(CCl)n1c(=S)oc2ccccc21. The van der Waals surface area contributed by atoms with Crippen molar-refractivity contribution in [3.05, 3.63) is 29.1 Å². The Morgan fingerprint density at radius 1 is 1.50 bits per heavy atom. The number of nitrogens with zero attached hydrogens (tertiary/aromatic N) is 1. The van der Waals surface area contributed by atoms with Gasteiger partial charge >= 0.3 is 0 Å². The molecule has 5 heteroatoms. The average Bonchev–Trinajstić information content (AvgIpc) is 2.53. The van der Waals surface area contributed by atoms with Crippen LogP contribution in [-0.2, 0) is 0 Å². The summed E-state index contributed by atoms with van der Waals surface area (Å²) in [6.07, 6.45) is 0. The van der Waals surface area contributed by atoms with Gasteiger partial charge in [0, 0.05) is 0 Å². The summed E-state index contributed by atoms with van der Waals surface area (Å²) in [6.45, 7) is 0.